The number of hydrogen-bond acceptors (Lipinski definition) is 14. The number of nitrogens with zero attached hydrogens (tertiary/aromatic N) is 6. The highest BCUT2D eigenvalue weighted by Crippen LogP contribution is 2.46. The van der Waals surface area contributed by atoms with Gasteiger partial charge in [0.1, 0.15) is 60.4 Å². The number of hydrogen-bond donors (Lipinski definition) is 4. The standard InChI is InChI=1S/C31H29ClN4O3.C28H34Cl2N2O3.C27H32Cl2N2O4.C26H30Cl2N2O3/c32-24-9-12-28-27(19-24)26-13-16-36(31(37)39-20-22-5-2-1-3-6-22)30(29(26)34-28)23-7-10-25(11-8-23)38-18-4-15-35-17-14-33-21-35;1-19(2)18-35-28(33)32-15-13-23-24-17-21(30)9-12-25(24)31-26(23)27(32)20-7-10-22(11-8-20)34-16-6-4-3-5-14-29;1-33-16-17-35-27(32)31-14-12-22-23-18-20(29)8-11-24(23)30-25(22)26(31)19-6-9-21(10-7-19)34-15-5-3-2-4-13-28;1-2-32-26(31)30-15-13-21-22-17-19(28)9-12-23(22)29-24(21)25(30)18-7-10-20(11-8-18)33-16-6-4-3-5-14-27/h1-3,5-12,14,17,19,21,30,34H,4,13,15-16,18,20H2;7-12,17,19,27,31H,3-6,13-16,18H2,1-2H3;6-11,18,26,30H,2-5,12-17H2,1H3;7-12,17,25,29H,2-6,13-16H2,1H3. The molecule has 14 aromatic rings. The quantitative estimate of drug-likeness (QED) is 0.0160. The highest BCUT2D eigenvalue weighted by Gasteiger charge is 2.41. The number of unbranched alkanes of at least 4 members (excludes halogenated alkanes) is 9. The van der Waals surface area contributed by atoms with Crippen LogP contribution >= 0.6 is 81.2 Å². The van der Waals surface area contributed by atoms with Gasteiger partial charge in [0.2, 0.25) is 0 Å². The van der Waals surface area contributed by atoms with Crippen LogP contribution in [0.2, 0.25) is 20.1 Å². The summed E-state index contributed by atoms with van der Waals surface area (Å²) in [6.07, 6.45) is 21.0. The van der Waals surface area contributed by atoms with Crippen molar-refractivity contribution in [2.45, 2.75) is 167 Å². The number of fused-ring (bicyclic) bond motifs is 12. The first kappa shape index (κ1) is 105. The van der Waals surface area contributed by atoms with Gasteiger partial charge in [0.25, 0.3) is 0 Å². The summed E-state index contributed by atoms with van der Waals surface area (Å²) in [6.45, 7) is 13.2. The number of benzene rings is 9. The smallest absolute Gasteiger partial charge is 0.410 e. The fraction of sp³-hybridized carbons (Fsp3) is 0.384. The molecular formula is C112H125Cl7N10O13. The van der Waals surface area contributed by atoms with Gasteiger partial charge in [-0.25, -0.2) is 24.2 Å². The molecule has 0 spiro atoms. The molecule has 9 aromatic carbocycles. The summed E-state index contributed by atoms with van der Waals surface area (Å²) >= 11 is 42.4. The minimum atomic E-state index is -0.355. The minimum Gasteiger partial charge on any atom is -0.494 e. The first-order valence-corrected chi connectivity index (χ1v) is 52.5. The Bertz CT molecular complexity index is 6400. The summed E-state index contributed by atoms with van der Waals surface area (Å²) in [6, 6.07) is 64.1. The van der Waals surface area contributed by atoms with Crippen molar-refractivity contribution in [3.05, 3.63) is 312 Å². The van der Waals surface area contributed by atoms with Gasteiger partial charge >= 0.3 is 24.4 Å². The maximum absolute atomic E-state index is 13.4. The van der Waals surface area contributed by atoms with E-state index in [1.54, 1.807) is 23.1 Å². The molecular weight excluding hydrogens is 1940 g/mol. The summed E-state index contributed by atoms with van der Waals surface area (Å²) in [7, 11) is 1.59. The second-order valence-electron chi connectivity index (χ2n) is 36.2. The molecule has 750 valence electrons. The van der Waals surface area contributed by atoms with Crippen molar-refractivity contribution in [3.63, 3.8) is 0 Å². The van der Waals surface area contributed by atoms with Crippen LogP contribution in [0.5, 0.6) is 23.0 Å². The average Bonchev–Trinajstić information content (AvgIpc) is 1.61. The number of methoxy groups -OCH3 is 1. The molecule has 9 heterocycles. The van der Waals surface area contributed by atoms with Gasteiger partial charge in [0.05, 0.1) is 52.6 Å². The van der Waals surface area contributed by atoms with Crippen molar-refractivity contribution in [1.29, 1.82) is 0 Å². The molecule has 5 aromatic heterocycles. The van der Waals surface area contributed by atoms with Gasteiger partial charge < -0.3 is 67.1 Å². The van der Waals surface area contributed by atoms with E-state index < -0.39 is 0 Å². The van der Waals surface area contributed by atoms with E-state index in [4.69, 9.17) is 124 Å². The van der Waals surface area contributed by atoms with Crippen molar-refractivity contribution < 1.29 is 61.8 Å². The van der Waals surface area contributed by atoms with E-state index in [-0.39, 0.29) is 67.7 Å². The van der Waals surface area contributed by atoms with E-state index in [1.165, 1.54) is 22.3 Å². The number of rotatable bonds is 38. The summed E-state index contributed by atoms with van der Waals surface area (Å²) in [5.41, 5.74) is 17.8. The Morgan fingerprint density at radius 2 is 0.697 bits per heavy atom. The van der Waals surface area contributed by atoms with Crippen molar-refractivity contribution in [2.24, 2.45) is 5.92 Å². The van der Waals surface area contributed by atoms with Crippen molar-refractivity contribution in [1.82, 2.24) is 49.1 Å². The molecule has 4 atom stereocenters. The van der Waals surface area contributed by atoms with Crippen LogP contribution in [0.25, 0.3) is 43.6 Å². The molecule has 4 amide bonds. The van der Waals surface area contributed by atoms with Gasteiger partial charge in [-0.2, -0.15) is 0 Å². The number of imidazole rings is 1. The second kappa shape index (κ2) is 52.7. The van der Waals surface area contributed by atoms with E-state index in [0.29, 0.717) is 105 Å². The van der Waals surface area contributed by atoms with Crippen LogP contribution in [0.3, 0.4) is 0 Å². The van der Waals surface area contributed by atoms with Crippen LogP contribution in [0.1, 0.15) is 201 Å². The molecule has 0 radical (unpaired) electrons. The van der Waals surface area contributed by atoms with Crippen LogP contribution in [-0.2, 0) is 62.5 Å². The monoisotopic (exact) mass is 2060 g/mol. The highest BCUT2D eigenvalue weighted by molar-refractivity contribution is 6.32. The Labute approximate surface area is 865 Å². The lowest BCUT2D eigenvalue weighted by Gasteiger charge is -2.35. The molecule has 0 bridgehead atoms. The molecule has 18 rings (SSSR count). The van der Waals surface area contributed by atoms with E-state index >= 15 is 0 Å². The maximum Gasteiger partial charge on any atom is 0.410 e. The molecule has 0 aliphatic carbocycles. The number of H-pyrrole nitrogens is 4. The van der Waals surface area contributed by atoms with E-state index in [0.717, 1.165) is 238 Å². The van der Waals surface area contributed by atoms with Gasteiger partial charge in [0, 0.05) is 156 Å². The number of aryl methyl sites for hydroxylation is 1. The average molecular weight is 2070 g/mol. The number of amides is 4. The fourth-order valence-corrected chi connectivity index (χ4v) is 20.2. The third-order valence-corrected chi connectivity index (χ3v) is 27.6. The second-order valence-corrected chi connectivity index (χ2v) is 39.0. The zero-order valence-corrected chi connectivity index (χ0v) is 86.1. The minimum absolute atomic E-state index is 0.214. The van der Waals surface area contributed by atoms with Gasteiger partial charge in [0.15, 0.2) is 0 Å². The number of aromatic amines is 4. The number of aromatic nitrogens is 6. The Morgan fingerprint density at radius 3 is 1.01 bits per heavy atom. The molecule has 142 heavy (non-hydrogen) atoms. The predicted octanol–water partition coefficient (Wildman–Crippen LogP) is 28.3. The van der Waals surface area contributed by atoms with Crippen LogP contribution in [0.4, 0.5) is 19.2 Å². The molecule has 23 nitrogen and oxygen atoms in total. The van der Waals surface area contributed by atoms with Crippen LogP contribution in [0, 0.1) is 5.92 Å². The fourth-order valence-electron chi connectivity index (χ4n) is 18.9. The molecule has 4 N–H and O–H groups in total. The topological polar surface area (TPSA) is 245 Å². The van der Waals surface area contributed by atoms with Crippen LogP contribution < -0.4 is 18.9 Å². The van der Waals surface area contributed by atoms with Crippen molar-refractivity contribution in [2.75, 3.05) is 104 Å². The normalized spacial score (nSPS) is 15.2. The first-order valence-electron chi connectivity index (χ1n) is 49.4. The number of ether oxygens (including phenoxy) is 9. The van der Waals surface area contributed by atoms with Crippen LogP contribution in [-0.4, -0.2) is 177 Å². The lowest BCUT2D eigenvalue weighted by atomic mass is 9.92. The number of carbonyl (C=O) groups excluding carboxylic acids is 4. The maximum atomic E-state index is 13.4. The van der Waals surface area contributed by atoms with Gasteiger partial charge in [-0.15, -0.1) is 34.8 Å². The molecule has 0 fully saturated rings. The molecule has 4 aliphatic rings. The zero-order chi connectivity index (χ0) is 99.2. The van der Waals surface area contributed by atoms with Crippen molar-refractivity contribution >= 4 is 149 Å². The van der Waals surface area contributed by atoms with Crippen LogP contribution in [0.15, 0.2) is 219 Å². The third-order valence-electron chi connectivity index (χ3n) is 25.9. The van der Waals surface area contributed by atoms with Crippen molar-refractivity contribution in [3.8, 4) is 23.0 Å². The van der Waals surface area contributed by atoms with Gasteiger partial charge in [-0.1, -0.05) is 178 Å². The van der Waals surface area contributed by atoms with Gasteiger partial charge in [-0.3, -0.25) is 19.6 Å². The molecule has 4 aliphatic heterocycles. The predicted molar refractivity (Wildman–Crippen MR) is 567 cm³/mol. The first-order chi connectivity index (χ1) is 69.4. The van der Waals surface area contributed by atoms with Gasteiger partial charge in [-0.05, 0) is 255 Å². The Hall–Kier alpha value is -11.4. The lowest BCUT2D eigenvalue weighted by Crippen LogP contribution is -2.41. The lowest BCUT2D eigenvalue weighted by molar-refractivity contribution is 0.0629. The van der Waals surface area contributed by atoms with E-state index in [1.807, 2.05) is 248 Å². The summed E-state index contributed by atoms with van der Waals surface area (Å²) in [5, 5.41) is 7.22. The Kier molecular flexibility index (Phi) is 39.0. The molecule has 0 saturated carbocycles. The molecule has 4 unspecified atom stereocenters. The molecule has 30 heteroatoms. The Morgan fingerprint density at radius 1 is 0.373 bits per heavy atom. The molecule has 0 saturated heterocycles. The zero-order valence-electron chi connectivity index (χ0n) is 80.8. The summed E-state index contributed by atoms with van der Waals surface area (Å²) in [4.78, 5) is 77.9. The number of alkyl halides is 3. The highest BCUT2D eigenvalue weighted by atomic mass is 35.5. The number of nitrogens with one attached hydrogen (secondary N) is 4. The summed E-state index contributed by atoms with van der Waals surface area (Å²) < 4.78 is 53.1. The Balaban J connectivity index is 0.000000143. The number of halogens is 7. The van der Waals surface area contributed by atoms with E-state index in [9.17, 15) is 19.2 Å². The summed E-state index contributed by atoms with van der Waals surface area (Å²) in [5.74, 6) is 5.71. The third kappa shape index (κ3) is 27.4. The number of carbonyl (C=O) groups is 4. The SMILES string of the molecule is CC(C)COC(=O)N1CCc2c([nH]c3ccc(Cl)cc23)C1c1ccc(OCCCCCCCl)cc1.CCOC(=O)N1CCc2c([nH]c3ccc(Cl)cc23)C1c1ccc(OCCCCCCCl)cc1.COCCOC(=O)N1CCc2c([nH]c3ccc(Cl)cc23)C1c1ccc(OCCCCCCCl)cc1.O=C(OCc1ccccc1)N1CCc2c([nH]c3ccc(Cl)cc23)C1c1ccc(OCCCn2ccnc2)cc1. The van der Waals surface area contributed by atoms with E-state index in [2.05, 4.69) is 24.9 Å². The largest absolute Gasteiger partial charge is 0.494 e.